The summed E-state index contributed by atoms with van der Waals surface area (Å²) in [6.45, 7) is 6.97. The second-order valence-corrected chi connectivity index (χ2v) is 3.51. The van der Waals surface area contributed by atoms with Gasteiger partial charge in [-0.15, -0.1) is 0 Å². The number of hydrogen-bond acceptors (Lipinski definition) is 3. The molecule has 0 aromatic carbocycles. The Labute approximate surface area is 93.8 Å². The van der Waals surface area contributed by atoms with Gasteiger partial charge in [0.1, 0.15) is 0 Å². The molecule has 0 unspecified atom stereocenters. The zero-order valence-corrected chi connectivity index (χ0v) is 9.37. The Hall–Kier alpha value is -1.91. The van der Waals surface area contributed by atoms with E-state index in [-0.39, 0.29) is 30.8 Å². The smallest absolute Gasteiger partial charge is 0.256 e. The maximum atomic E-state index is 11.6. The fraction of sp³-hybridized carbons (Fsp3) is 0.364. The first-order valence-corrected chi connectivity index (χ1v) is 4.93. The van der Waals surface area contributed by atoms with E-state index < -0.39 is 0 Å². The van der Waals surface area contributed by atoms with Crippen LogP contribution in [0.3, 0.4) is 0 Å². The predicted molar refractivity (Wildman–Crippen MR) is 58.3 cm³/mol. The topological polar surface area (TPSA) is 66.5 Å². The van der Waals surface area contributed by atoms with Crippen molar-refractivity contribution in [1.82, 2.24) is 10.2 Å². The van der Waals surface area contributed by atoms with Crippen molar-refractivity contribution in [3.05, 3.63) is 23.8 Å². The molecular formula is C11H14N2O3. The van der Waals surface area contributed by atoms with Gasteiger partial charge in [0, 0.05) is 24.2 Å². The molecule has 0 spiro atoms. The summed E-state index contributed by atoms with van der Waals surface area (Å²) in [5.74, 6) is -0.883. The lowest BCUT2D eigenvalue weighted by molar-refractivity contribution is -0.137. The van der Waals surface area contributed by atoms with Gasteiger partial charge in [-0.2, -0.15) is 0 Å². The van der Waals surface area contributed by atoms with E-state index in [0.717, 1.165) is 11.0 Å². The van der Waals surface area contributed by atoms with E-state index >= 15 is 0 Å². The van der Waals surface area contributed by atoms with Gasteiger partial charge in [0.15, 0.2) is 0 Å². The number of nitrogens with one attached hydrogen (secondary N) is 1. The molecule has 1 rings (SSSR count). The van der Waals surface area contributed by atoms with E-state index in [9.17, 15) is 14.4 Å². The van der Waals surface area contributed by atoms with E-state index in [1.165, 1.54) is 0 Å². The van der Waals surface area contributed by atoms with Crippen molar-refractivity contribution in [2.75, 3.05) is 13.1 Å². The first kappa shape index (κ1) is 12.2. The average molecular weight is 222 g/mol. The van der Waals surface area contributed by atoms with Crippen LogP contribution in [-0.2, 0) is 14.4 Å². The number of hydrogen-bond donors (Lipinski definition) is 1. The van der Waals surface area contributed by atoms with Crippen molar-refractivity contribution >= 4 is 17.7 Å². The third-order valence-electron chi connectivity index (χ3n) is 2.51. The third kappa shape index (κ3) is 2.18. The largest absolute Gasteiger partial charge is 0.351 e. The van der Waals surface area contributed by atoms with E-state index in [1.807, 2.05) is 0 Å². The number of amides is 3. The fourth-order valence-corrected chi connectivity index (χ4v) is 1.38. The van der Waals surface area contributed by atoms with Crippen molar-refractivity contribution in [2.45, 2.75) is 13.8 Å². The maximum Gasteiger partial charge on any atom is 0.256 e. The number of carbonyl (C=O) groups is 3. The fourth-order valence-electron chi connectivity index (χ4n) is 1.38. The second kappa shape index (κ2) is 4.74. The molecule has 0 radical (unpaired) electrons. The molecule has 3 amide bonds. The van der Waals surface area contributed by atoms with Crippen molar-refractivity contribution < 1.29 is 14.4 Å². The minimum atomic E-state index is -0.319. The molecule has 0 saturated carbocycles. The molecule has 0 bridgehead atoms. The quantitative estimate of drug-likeness (QED) is 0.537. The highest BCUT2D eigenvalue weighted by atomic mass is 16.2. The molecule has 86 valence electrons. The molecule has 0 aromatic rings. The number of imide groups is 1. The Morgan fingerprint density at radius 2 is 1.81 bits per heavy atom. The van der Waals surface area contributed by atoms with Crippen LogP contribution in [0.25, 0.3) is 0 Å². The summed E-state index contributed by atoms with van der Waals surface area (Å²) in [7, 11) is 0. The molecular weight excluding hydrogens is 208 g/mol. The highest BCUT2D eigenvalue weighted by Gasteiger charge is 2.32. The summed E-state index contributed by atoms with van der Waals surface area (Å²) < 4.78 is 0. The highest BCUT2D eigenvalue weighted by Crippen LogP contribution is 2.18. The van der Waals surface area contributed by atoms with Gasteiger partial charge in [-0.1, -0.05) is 6.58 Å². The lowest BCUT2D eigenvalue weighted by Gasteiger charge is -2.14. The molecule has 0 saturated heterocycles. The molecule has 0 fully saturated rings. The lowest BCUT2D eigenvalue weighted by Crippen LogP contribution is -2.38. The minimum absolute atomic E-state index is 0.186. The van der Waals surface area contributed by atoms with Gasteiger partial charge in [0.25, 0.3) is 11.8 Å². The normalized spacial score (nSPS) is 15.8. The molecule has 1 N–H and O–H groups in total. The Kier molecular flexibility index (Phi) is 3.60. The van der Waals surface area contributed by atoms with Gasteiger partial charge in [-0.3, -0.25) is 19.3 Å². The van der Waals surface area contributed by atoms with E-state index in [1.54, 1.807) is 13.8 Å². The molecule has 1 heterocycles. The summed E-state index contributed by atoms with van der Waals surface area (Å²) in [6, 6.07) is 0. The van der Waals surface area contributed by atoms with E-state index in [4.69, 9.17) is 0 Å². The van der Waals surface area contributed by atoms with Gasteiger partial charge in [0.2, 0.25) is 5.91 Å². The molecule has 1 aliphatic rings. The van der Waals surface area contributed by atoms with Crippen LogP contribution in [0.2, 0.25) is 0 Å². The van der Waals surface area contributed by atoms with Crippen molar-refractivity contribution in [3.63, 3.8) is 0 Å². The average Bonchev–Trinajstić information content (AvgIpc) is 2.46. The van der Waals surface area contributed by atoms with Crippen molar-refractivity contribution in [1.29, 1.82) is 0 Å². The van der Waals surface area contributed by atoms with Gasteiger partial charge in [-0.05, 0) is 19.9 Å². The van der Waals surface area contributed by atoms with Crippen molar-refractivity contribution in [2.24, 2.45) is 0 Å². The Bertz CT molecular complexity index is 372. The summed E-state index contributed by atoms with van der Waals surface area (Å²) in [5, 5.41) is 2.51. The number of nitrogens with zero attached hydrogens (tertiary/aromatic N) is 1. The summed E-state index contributed by atoms with van der Waals surface area (Å²) in [5.41, 5.74) is 0.945. The zero-order valence-electron chi connectivity index (χ0n) is 9.37. The number of carbonyl (C=O) groups excluding carboxylic acids is 3. The van der Waals surface area contributed by atoms with E-state index in [0.29, 0.717) is 11.1 Å². The van der Waals surface area contributed by atoms with E-state index in [2.05, 4.69) is 11.9 Å². The summed E-state index contributed by atoms with van der Waals surface area (Å²) in [4.78, 5) is 35.2. The van der Waals surface area contributed by atoms with Crippen LogP contribution in [0.1, 0.15) is 13.8 Å². The first-order valence-electron chi connectivity index (χ1n) is 4.93. The molecule has 0 aliphatic carbocycles. The van der Waals surface area contributed by atoms with Gasteiger partial charge >= 0.3 is 0 Å². The van der Waals surface area contributed by atoms with Gasteiger partial charge in [0.05, 0.1) is 0 Å². The first-order chi connectivity index (χ1) is 7.49. The molecule has 0 atom stereocenters. The Morgan fingerprint density at radius 1 is 1.31 bits per heavy atom. The van der Waals surface area contributed by atoms with Crippen LogP contribution in [-0.4, -0.2) is 35.7 Å². The predicted octanol–water partition coefficient (Wildman–Crippen LogP) is -0.00620. The van der Waals surface area contributed by atoms with Crippen molar-refractivity contribution in [3.8, 4) is 0 Å². The van der Waals surface area contributed by atoms with Gasteiger partial charge in [-0.25, -0.2) is 0 Å². The monoisotopic (exact) mass is 222 g/mol. The number of rotatable bonds is 4. The highest BCUT2D eigenvalue weighted by molar-refractivity contribution is 6.18. The lowest BCUT2D eigenvalue weighted by atomic mass is 10.2. The third-order valence-corrected chi connectivity index (χ3v) is 2.51. The summed E-state index contributed by atoms with van der Waals surface area (Å²) in [6.07, 6.45) is 1.14. The van der Waals surface area contributed by atoms with Crippen LogP contribution >= 0.6 is 0 Å². The minimum Gasteiger partial charge on any atom is -0.351 e. The van der Waals surface area contributed by atoms with Crippen LogP contribution in [0.15, 0.2) is 23.8 Å². The molecule has 0 aromatic heterocycles. The SMILES string of the molecule is C=CC(=O)NCCN1C(=O)C(C)=C(C)C1=O. The second-order valence-electron chi connectivity index (χ2n) is 3.51. The zero-order chi connectivity index (χ0) is 12.3. The molecule has 5 nitrogen and oxygen atoms in total. The van der Waals surface area contributed by atoms with Crippen LogP contribution in [0.5, 0.6) is 0 Å². The molecule has 1 aliphatic heterocycles. The Balaban J connectivity index is 2.53. The van der Waals surface area contributed by atoms with Gasteiger partial charge < -0.3 is 5.32 Å². The molecule has 5 heteroatoms. The Morgan fingerprint density at radius 3 is 2.25 bits per heavy atom. The van der Waals surface area contributed by atoms with Crippen LogP contribution < -0.4 is 5.32 Å². The molecule has 16 heavy (non-hydrogen) atoms. The standard InChI is InChI=1S/C11H14N2O3/c1-4-9(14)12-5-6-13-10(15)7(2)8(3)11(13)16/h4H,1,5-6H2,2-3H3,(H,12,14). The maximum absolute atomic E-state index is 11.6. The summed E-state index contributed by atoms with van der Waals surface area (Å²) >= 11 is 0. The van der Waals surface area contributed by atoms with Crippen LogP contribution in [0, 0.1) is 0 Å². The van der Waals surface area contributed by atoms with Crippen LogP contribution in [0.4, 0.5) is 0 Å².